The Bertz CT molecular complexity index is 307. The van der Waals surface area contributed by atoms with Crippen LogP contribution in [-0.4, -0.2) is 31.7 Å². The van der Waals surface area contributed by atoms with E-state index in [1.807, 2.05) is 6.07 Å². The number of hydrogen-bond acceptors (Lipinski definition) is 4. The van der Waals surface area contributed by atoms with Crippen molar-refractivity contribution in [1.82, 2.24) is 9.97 Å². The fourth-order valence-corrected chi connectivity index (χ4v) is 2.82. The minimum absolute atomic E-state index is 0.419. The monoisotopic (exact) mass is 211 g/mol. The lowest BCUT2D eigenvalue weighted by Gasteiger charge is -2.22. The summed E-state index contributed by atoms with van der Waals surface area (Å²) in [6, 6.07) is 2.27. The predicted octanol–water partition coefficient (Wildman–Crippen LogP) is 0.800. The lowest BCUT2D eigenvalue weighted by molar-refractivity contribution is 0.622. The maximum Gasteiger partial charge on any atom is 0.129 e. The van der Waals surface area contributed by atoms with Gasteiger partial charge in [0.2, 0.25) is 0 Å². The van der Waals surface area contributed by atoms with Gasteiger partial charge in [-0.1, -0.05) is 0 Å². The van der Waals surface area contributed by atoms with Gasteiger partial charge in [0, 0.05) is 34.5 Å². The van der Waals surface area contributed by atoms with Crippen LogP contribution < -0.4 is 5.32 Å². The Hall–Kier alpha value is -0.970. The number of aromatic nitrogens is 2. The SMILES string of the molecule is O=S1CCC(Nc2ccncn2)CC1. The number of nitrogens with one attached hydrogen (secondary N) is 1. The van der Waals surface area contributed by atoms with E-state index in [0.717, 1.165) is 30.2 Å². The summed E-state index contributed by atoms with van der Waals surface area (Å²) in [7, 11) is -0.592. The second kappa shape index (κ2) is 4.50. The molecule has 0 amide bonds. The summed E-state index contributed by atoms with van der Waals surface area (Å²) < 4.78 is 11.1. The molecule has 0 spiro atoms. The lowest BCUT2D eigenvalue weighted by atomic mass is 10.1. The summed E-state index contributed by atoms with van der Waals surface area (Å²) in [6.07, 6.45) is 5.19. The fourth-order valence-electron chi connectivity index (χ4n) is 1.52. The smallest absolute Gasteiger partial charge is 0.129 e. The van der Waals surface area contributed by atoms with E-state index >= 15 is 0 Å². The van der Waals surface area contributed by atoms with Gasteiger partial charge in [-0.15, -0.1) is 0 Å². The highest BCUT2D eigenvalue weighted by Gasteiger charge is 2.17. The molecule has 4 nitrogen and oxygen atoms in total. The van der Waals surface area contributed by atoms with Gasteiger partial charge < -0.3 is 5.32 Å². The maximum absolute atomic E-state index is 11.1. The van der Waals surface area contributed by atoms with Gasteiger partial charge in [-0.3, -0.25) is 4.21 Å². The summed E-state index contributed by atoms with van der Waals surface area (Å²) in [6.45, 7) is 0. The van der Waals surface area contributed by atoms with Crippen LogP contribution in [0, 0.1) is 0 Å². The molecule has 0 radical (unpaired) electrons. The third kappa shape index (κ3) is 2.51. The van der Waals surface area contributed by atoms with Crippen molar-refractivity contribution in [2.75, 3.05) is 16.8 Å². The van der Waals surface area contributed by atoms with Crippen molar-refractivity contribution in [3.63, 3.8) is 0 Å². The van der Waals surface area contributed by atoms with E-state index in [1.54, 1.807) is 6.20 Å². The maximum atomic E-state index is 11.1. The number of nitrogens with zero attached hydrogens (tertiary/aromatic N) is 2. The molecule has 0 aliphatic carbocycles. The van der Waals surface area contributed by atoms with E-state index in [4.69, 9.17) is 0 Å². The van der Waals surface area contributed by atoms with Gasteiger partial charge in [0.1, 0.15) is 12.1 Å². The highest BCUT2D eigenvalue weighted by molar-refractivity contribution is 7.85. The summed E-state index contributed by atoms with van der Waals surface area (Å²) in [5, 5.41) is 3.32. The zero-order valence-corrected chi connectivity index (χ0v) is 8.67. The molecule has 1 aromatic heterocycles. The van der Waals surface area contributed by atoms with Gasteiger partial charge in [-0.05, 0) is 18.9 Å². The van der Waals surface area contributed by atoms with Crippen LogP contribution in [0.5, 0.6) is 0 Å². The van der Waals surface area contributed by atoms with Crippen LogP contribution in [0.1, 0.15) is 12.8 Å². The molecule has 0 bridgehead atoms. The second-order valence-electron chi connectivity index (χ2n) is 3.36. The molecule has 0 atom stereocenters. The Morgan fingerprint density at radius 3 is 2.86 bits per heavy atom. The van der Waals surface area contributed by atoms with Gasteiger partial charge >= 0.3 is 0 Å². The fraction of sp³-hybridized carbons (Fsp3) is 0.556. The van der Waals surface area contributed by atoms with E-state index in [2.05, 4.69) is 15.3 Å². The van der Waals surface area contributed by atoms with Gasteiger partial charge in [0.05, 0.1) is 0 Å². The van der Waals surface area contributed by atoms with Crippen molar-refractivity contribution in [2.24, 2.45) is 0 Å². The summed E-state index contributed by atoms with van der Waals surface area (Å²) in [5.41, 5.74) is 0. The van der Waals surface area contributed by atoms with E-state index in [9.17, 15) is 4.21 Å². The predicted molar refractivity (Wildman–Crippen MR) is 56.6 cm³/mol. The molecule has 76 valence electrons. The zero-order valence-electron chi connectivity index (χ0n) is 7.85. The largest absolute Gasteiger partial charge is 0.367 e. The first-order valence-corrected chi connectivity index (χ1v) is 6.21. The molecule has 1 aromatic rings. The average molecular weight is 211 g/mol. The molecule has 5 heteroatoms. The topological polar surface area (TPSA) is 54.9 Å². The first kappa shape index (κ1) is 9.58. The standard InChI is InChI=1S/C9H13N3OS/c13-14-5-2-8(3-6-14)12-9-1-4-10-7-11-9/h1,4,7-8H,2-3,5-6H2,(H,10,11,12). The molecule has 1 saturated heterocycles. The highest BCUT2D eigenvalue weighted by atomic mass is 32.2. The van der Waals surface area contributed by atoms with Crippen LogP contribution in [0.4, 0.5) is 5.82 Å². The van der Waals surface area contributed by atoms with Crippen LogP contribution in [0.25, 0.3) is 0 Å². The molecule has 2 rings (SSSR count). The number of hydrogen-bond donors (Lipinski definition) is 1. The Labute approximate surface area is 85.6 Å². The molecular formula is C9H13N3OS. The van der Waals surface area contributed by atoms with Crippen LogP contribution in [0.2, 0.25) is 0 Å². The summed E-state index contributed by atoms with van der Waals surface area (Å²) in [5.74, 6) is 2.48. The minimum Gasteiger partial charge on any atom is -0.367 e. The third-order valence-electron chi connectivity index (χ3n) is 2.32. The Morgan fingerprint density at radius 1 is 1.43 bits per heavy atom. The first-order valence-electron chi connectivity index (χ1n) is 4.72. The van der Waals surface area contributed by atoms with Gasteiger partial charge in [0.25, 0.3) is 0 Å². The molecule has 1 fully saturated rings. The van der Waals surface area contributed by atoms with E-state index in [1.165, 1.54) is 6.33 Å². The number of anilines is 1. The van der Waals surface area contributed by atoms with Crippen molar-refractivity contribution in [3.8, 4) is 0 Å². The number of rotatable bonds is 2. The second-order valence-corrected chi connectivity index (χ2v) is 5.06. The van der Waals surface area contributed by atoms with Crippen LogP contribution in [0.15, 0.2) is 18.6 Å². The Kier molecular flexibility index (Phi) is 3.08. The molecule has 14 heavy (non-hydrogen) atoms. The van der Waals surface area contributed by atoms with E-state index in [-0.39, 0.29) is 0 Å². The summed E-state index contributed by atoms with van der Waals surface area (Å²) >= 11 is 0. The van der Waals surface area contributed by atoms with Crippen molar-refractivity contribution in [3.05, 3.63) is 18.6 Å². The van der Waals surface area contributed by atoms with Crippen molar-refractivity contribution < 1.29 is 4.21 Å². The average Bonchev–Trinajstić information content (AvgIpc) is 2.23. The molecule has 1 aliphatic rings. The molecule has 1 N–H and O–H groups in total. The van der Waals surface area contributed by atoms with Crippen molar-refractivity contribution in [2.45, 2.75) is 18.9 Å². The van der Waals surface area contributed by atoms with E-state index < -0.39 is 10.8 Å². The molecule has 0 saturated carbocycles. The van der Waals surface area contributed by atoms with Crippen molar-refractivity contribution in [1.29, 1.82) is 0 Å². The molecule has 0 unspecified atom stereocenters. The van der Waals surface area contributed by atoms with Gasteiger partial charge in [-0.2, -0.15) is 0 Å². The molecule has 2 heterocycles. The van der Waals surface area contributed by atoms with E-state index in [0.29, 0.717) is 6.04 Å². The molecule has 0 aromatic carbocycles. The quantitative estimate of drug-likeness (QED) is 0.786. The zero-order chi connectivity index (χ0) is 9.80. The van der Waals surface area contributed by atoms with Gasteiger partial charge in [0.15, 0.2) is 0 Å². The lowest BCUT2D eigenvalue weighted by Crippen LogP contribution is -2.29. The first-order chi connectivity index (χ1) is 6.84. The Balaban J connectivity index is 1.89. The minimum atomic E-state index is -0.592. The van der Waals surface area contributed by atoms with Crippen molar-refractivity contribution >= 4 is 16.6 Å². The molecular weight excluding hydrogens is 198 g/mol. The third-order valence-corrected chi connectivity index (χ3v) is 3.70. The van der Waals surface area contributed by atoms with Crippen LogP contribution in [-0.2, 0) is 10.8 Å². The Morgan fingerprint density at radius 2 is 2.21 bits per heavy atom. The van der Waals surface area contributed by atoms with Crippen LogP contribution in [0.3, 0.4) is 0 Å². The van der Waals surface area contributed by atoms with Gasteiger partial charge in [-0.25, -0.2) is 9.97 Å². The molecule has 1 aliphatic heterocycles. The normalized spacial score (nSPS) is 27.1. The van der Waals surface area contributed by atoms with Crippen LogP contribution >= 0.6 is 0 Å². The highest BCUT2D eigenvalue weighted by Crippen LogP contribution is 2.13. The summed E-state index contributed by atoms with van der Waals surface area (Å²) in [4.78, 5) is 7.94.